The van der Waals surface area contributed by atoms with Gasteiger partial charge in [0.25, 0.3) is 0 Å². The van der Waals surface area contributed by atoms with E-state index in [-0.39, 0.29) is 23.4 Å². The van der Waals surface area contributed by atoms with Crippen molar-refractivity contribution in [3.05, 3.63) is 35.4 Å². The summed E-state index contributed by atoms with van der Waals surface area (Å²) in [6, 6.07) is 4.15. The number of hydrogen-bond acceptors (Lipinski definition) is 3. The van der Waals surface area contributed by atoms with Crippen LogP contribution in [-0.2, 0) is 16.1 Å². The van der Waals surface area contributed by atoms with Crippen molar-refractivity contribution in [2.45, 2.75) is 32.2 Å². The average molecular weight is 352 g/mol. The van der Waals surface area contributed by atoms with E-state index in [1.807, 2.05) is 0 Å². The molecule has 1 spiro atoms. The molecule has 6 heteroatoms. The van der Waals surface area contributed by atoms with Crippen LogP contribution < -0.4 is 0 Å². The molecule has 1 atom stereocenters. The van der Waals surface area contributed by atoms with Gasteiger partial charge >= 0.3 is 0 Å². The minimum atomic E-state index is -0.859. The summed E-state index contributed by atoms with van der Waals surface area (Å²) in [7, 11) is 1.69. The Morgan fingerprint density at radius 1 is 1.24 bits per heavy atom. The van der Waals surface area contributed by atoms with Gasteiger partial charge in [0, 0.05) is 45.5 Å². The average Bonchev–Trinajstić information content (AvgIpc) is 3.00. The zero-order valence-corrected chi connectivity index (χ0v) is 14.8. The molecule has 4 nitrogen and oxygen atoms in total. The molecule has 138 valence electrons. The smallest absolute Gasteiger partial charge is 0.230 e. The van der Waals surface area contributed by atoms with Gasteiger partial charge in [-0.25, -0.2) is 8.78 Å². The van der Waals surface area contributed by atoms with Crippen molar-refractivity contribution in [3.8, 4) is 0 Å². The summed E-state index contributed by atoms with van der Waals surface area (Å²) in [5.74, 6) is -1.61. The van der Waals surface area contributed by atoms with Gasteiger partial charge in [-0.1, -0.05) is 12.1 Å². The van der Waals surface area contributed by atoms with Gasteiger partial charge in [0.15, 0.2) is 11.6 Å². The van der Waals surface area contributed by atoms with E-state index in [9.17, 15) is 13.6 Å². The molecule has 2 heterocycles. The summed E-state index contributed by atoms with van der Waals surface area (Å²) in [5.41, 5.74) is -0.102. The van der Waals surface area contributed by atoms with Crippen LogP contribution in [0.1, 0.15) is 31.2 Å². The van der Waals surface area contributed by atoms with Gasteiger partial charge in [-0.15, -0.1) is 0 Å². The number of methoxy groups -OCH3 is 1. The number of hydrogen-bond donors (Lipinski definition) is 0. The lowest BCUT2D eigenvalue weighted by Gasteiger charge is -2.39. The lowest BCUT2D eigenvalue weighted by atomic mass is 9.78. The van der Waals surface area contributed by atoms with Crippen molar-refractivity contribution in [1.29, 1.82) is 0 Å². The molecular formula is C19H26F2N2O2. The summed E-state index contributed by atoms with van der Waals surface area (Å²) < 4.78 is 32.5. The van der Waals surface area contributed by atoms with Crippen molar-refractivity contribution < 1.29 is 18.3 Å². The number of carbonyl (C=O) groups excluding carboxylic acids is 1. The van der Waals surface area contributed by atoms with Crippen LogP contribution in [0.3, 0.4) is 0 Å². The molecule has 1 aromatic rings. The first-order valence-electron chi connectivity index (χ1n) is 8.99. The highest BCUT2D eigenvalue weighted by Gasteiger charge is 2.48. The van der Waals surface area contributed by atoms with Crippen molar-refractivity contribution in [2.75, 3.05) is 39.9 Å². The van der Waals surface area contributed by atoms with E-state index in [1.165, 1.54) is 6.07 Å². The molecule has 0 aromatic heterocycles. The van der Waals surface area contributed by atoms with Gasteiger partial charge in [-0.2, -0.15) is 0 Å². The molecule has 1 aromatic carbocycles. The predicted molar refractivity (Wildman–Crippen MR) is 91.0 cm³/mol. The second-order valence-corrected chi connectivity index (χ2v) is 7.20. The first kappa shape index (κ1) is 18.3. The number of amides is 1. The summed E-state index contributed by atoms with van der Waals surface area (Å²) in [5, 5.41) is 0. The Balaban J connectivity index is 1.66. The largest absolute Gasteiger partial charge is 0.385 e. The predicted octanol–water partition coefficient (Wildman–Crippen LogP) is 2.82. The first-order chi connectivity index (χ1) is 12.1. The van der Waals surface area contributed by atoms with Crippen LogP contribution in [0.5, 0.6) is 0 Å². The second-order valence-electron chi connectivity index (χ2n) is 7.20. The number of piperidine rings is 1. The summed E-state index contributed by atoms with van der Waals surface area (Å²) in [4.78, 5) is 17.1. The van der Waals surface area contributed by atoms with Gasteiger partial charge < -0.3 is 14.5 Å². The number of benzene rings is 1. The van der Waals surface area contributed by atoms with Gasteiger partial charge in [0.2, 0.25) is 5.91 Å². The molecule has 0 N–H and O–H groups in total. The van der Waals surface area contributed by atoms with Gasteiger partial charge in [0.1, 0.15) is 0 Å². The molecule has 0 aliphatic carbocycles. The highest BCUT2D eigenvalue weighted by atomic mass is 19.2. The molecule has 2 fully saturated rings. The Labute approximate surface area is 147 Å². The zero-order chi connectivity index (χ0) is 17.9. The first-order valence-corrected chi connectivity index (χ1v) is 8.99. The van der Waals surface area contributed by atoms with Crippen molar-refractivity contribution in [1.82, 2.24) is 9.80 Å². The number of likely N-dealkylation sites (tertiary alicyclic amines) is 2. The molecule has 0 bridgehead atoms. The fourth-order valence-electron chi connectivity index (χ4n) is 4.14. The molecule has 3 rings (SSSR count). The molecule has 1 unspecified atom stereocenters. The SMILES string of the molecule is COCCCN1CCC2(CCCN(Cc3cccc(F)c3F)C2=O)C1. The molecule has 1 amide bonds. The monoisotopic (exact) mass is 352 g/mol. The highest BCUT2D eigenvalue weighted by molar-refractivity contribution is 5.84. The van der Waals surface area contributed by atoms with Crippen LogP contribution >= 0.6 is 0 Å². The third kappa shape index (κ3) is 3.85. The van der Waals surface area contributed by atoms with Crippen LogP contribution in [0.4, 0.5) is 8.78 Å². The van der Waals surface area contributed by atoms with Gasteiger partial charge in [-0.05, 0) is 38.3 Å². The van der Waals surface area contributed by atoms with E-state index < -0.39 is 11.6 Å². The van der Waals surface area contributed by atoms with E-state index in [2.05, 4.69) is 4.90 Å². The van der Waals surface area contributed by atoms with Crippen molar-refractivity contribution in [2.24, 2.45) is 5.41 Å². The van der Waals surface area contributed by atoms with E-state index in [4.69, 9.17) is 4.74 Å². The van der Waals surface area contributed by atoms with Gasteiger partial charge in [0.05, 0.1) is 5.41 Å². The minimum absolute atomic E-state index is 0.0941. The summed E-state index contributed by atoms with van der Waals surface area (Å²) >= 11 is 0. The number of halogens is 2. The Kier molecular flexibility index (Phi) is 5.69. The van der Waals surface area contributed by atoms with Crippen LogP contribution in [-0.4, -0.2) is 55.6 Å². The van der Waals surface area contributed by atoms with E-state index in [1.54, 1.807) is 18.1 Å². The molecule has 0 saturated carbocycles. The van der Waals surface area contributed by atoms with E-state index in [0.717, 1.165) is 58.0 Å². The Morgan fingerprint density at radius 2 is 2.08 bits per heavy atom. The number of ether oxygens (including phenoxy) is 1. The minimum Gasteiger partial charge on any atom is -0.385 e. The second kappa shape index (κ2) is 7.79. The molecule has 25 heavy (non-hydrogen) atoms. The maximum absolute atomic E-state index is 14.0. The Morgan fingerprint density at radius 3 is 2.88 bits per heavy atom. The van der Waals surface area contributed by atoms with E-state index in [0.29, 0.717) is 6.54 Å². The molecular weight excluding hydrogens is 326 g/mol. The lowest BCUT2D eigenvalue weighted by molar-refractivity contribution is -0.146. The zero-order valence-electron chi connectivity index (χ0n) is 14.8. The fourth-order valence-corrected chi connectivity index (χ4v) is 4.14. The maximum atomic E-state index is 14.0. The summed E-state index contributed by atoms with van der Waals surface area (Å²) in [6.45, 7) is 4.09. The Bertz CT molecular complexity index is 625. The molecule has 2 saturated heterocycles. The standard InChI is InChI=1S/C19H26F2N2O2/c1-25-12-4-9-22-11-8-19(14-22)7-3-10-23(18(19)24)13-15-5-2-6-16(20)17(15)21/h2,5-6H,3-4,7-14H2,1H3. The molecule has 2 aliphatic rings. The third-order valence-corrected chi connectivity index (χ3v) is 5.47. The molecule has 0 radical (unpaired) electrons. The van der Waals surface area contributed by atoms with Crippen molar-refractivity contribution in [3.63, 3.8) is 0 Å². The van der Waals surface area contributed by atoms with Crippen LogP contribution in [0.25, 0.3) is 0 Å². The quantitative estimate of drug-likeness (QED) is 0.738. The summed E-state index contributed by atoms with van der Waals surface area (Å²) in [6.07, 6.45) is 3.60. The van der Waals surface area contributed by atoms with Crippen LogP contribution in [0, 0.1) is 17.0 Å². The number of rotatable bonds is 6. The van der Waals surface area contributed by atoms with E-state index >= 15 is 0 Å². The molecule has 2 aliphatic heterocycles. The fraction of sp³-hybridized carbons (Fsp3) is 0.632. The lowest BCUT2D eigenvalue weighted by Crippen LogP contribution is -2.49. The number of nitrogens with zero attached hydrogens (tertiary/aromatic N) is 2. The van der Waals surface area contributed by atoms with Crippen LogP contribution in [0.15, 0.2) is 18.2 Å². The Hall–Kier alpha value is -1.53. The van der Waals surface area contributed by atoms with Crippen LogP contribution in [0.2, 0.25) is 0 Å². The maximum Gasteiger partial charge on any atom is 0.230 e. The number of carbonyl (C=O) groups is 1. The normalized spacial score (nSPS) is 24.4. The topological polar surface area (TPSA) is 32.8 Å². The van der Waals surface area contributed by atoms with Crippen molar-refractivity contribution >= 4 is 5.91 Å². The third-order valence-electron chi connectivity index (χ3n) is 5.47. The van der Waals surface area contributed by atoms with Gasteiger partial charge in [-0.3, -0.25) is 4.79 Å². The highest BCUT2D eigenvalue weighted by Crippen LogP contribution is 2.40.